The van der Waals surface area contributed by atoms with Crippen molar-refractivity contribution in [1.29, 1.82) is 0 Å². The highest BCUT2D eigenvalue weighted by Crippen LogP contribution is 2.26. The van der Waals surface area contributed by atoms with Gasteiger partial charge in [-0.1, -0.05) is 41.7 Å². The third-order valence-electron chi connectivity index (χ3n) is 2.49. The van der Waals surface area contributed by atoms with Crippen LogP contribution in [0.3, 0.4) is 0 Å². The number of benzene rings is 1. The van der Waals surface area contributed by atoms with E-state index in [9.17, 15) is 0 Å². The molecule has 0 aliphatic rings. The number of nitrogens with zero attached hydrogens (tertiary/aromatic N) is 2. The van der Waals surface area contributed by atoms with Crippen LogP contribution in [-0.2, 0) is 12.2 Å². The fourth-order valence-electron chi connectivity index (χ4n) is 1.51. The van der Waals surface area contributed by atoms with Crippen LogP contribution in [-0.4, -0.2) is 9.97 Å². The first-order valence-electron chi connectivity index (χ1n) is 5.69. The zero-order valence-corrected chi connectivity index (χ0v) is 13.2. The summed E-state index contributed by atoms with van der Waals surface area (Å²) in [5.41, 5.74) is 0.795. The van der Waals surface area contributed by atoms with Crippen molar-refractivity contribution in [2.24, 2.45) is 0 Å². The summed E-state index contributed by atoms with van der Waals surface area (Å²) in [4.78, 5) is 9.62. The fraction of sp³-hybridized carbons (Fsp3) is 0.231. The minimum Gasteiger partial charge on any atom is -0.220 e. The van der Waals surface area contributed by atoms with Crippen molar-refractivity contribution in [2.45, 2.75) is 24.0 Å². The molecule has 1 heterocycles. The van der Waals surface area contributed by atoms with Crippen LogP contribution in [0, 0.1) is 0 Å². The molecule has 0 saturated carbocycles. The predicted octanol–water partition coefficient (Wildman–Crippen LogP) is 5.29. The summed E-state index contributed by atoms with van der Waals surface area (Å²) >= 11 is 19.6. The van der Waals surface area contributed by atoms with Gasteiger partial charge in [0, 0.05) is 15.5 Å². The maximum atomic E-state index is 6.08. The SMILES string of the molecule is CCc1c(Cl)nc(CSc2ccc(Cl)cc2)nc1Cl. The van der Waals surface area contributed by atoms with E-state index in [4.69, 9.17) is 34.8 Å². The number of aromatic nitrogens is 2. The highest BCUT2D eigenvalue weighted by molar-refractivity contribution is 7.98. The first-order chi connectivity index (χ1) is 9.10. The van der Waals surface area contributed by atoms with Crippen LogP contribution in [0.2, 0.25) is 15.3 Å². The molecule has 0 unspecified atom stereocenters. The molecule has 0 spiro atoms. The number of hydrogen-bond donors (Lipinski definition) is 0. The van der Waals surface area contributed by atoms with Crippen molar-refractivity contribution in [1.82, 2.24) is 9.97 Å². The van der Waals surface area contributed by atoms with Crippen LogP contribution in [0.5, 0.6) is 0 Å². The highest BCUT2D eigenvalue weighted by Gasteiger charge is 2.10. The Morgan fingerprint density at radius 3 is 2.11 bits per heavy atom. The Bertz CT molecular complexity index is 550. The Morgan fingerprint density at radius 2 is 1.58 bits per heavy atom. The molecule has 1 aromatic carbocycles. The van der Waals surface area contributed by atoms with Gasteiger partial charge >= 0.3 is 0 Å². The first kappa shape index (κ1) is 14.9. The molecular formula is C13H11Cl3N2S. The quantitative estimate of drug-likeness (QED) is 0.561. The van der Waals surface area contributed by atoms with Crippen LogP contribution in [0.25, 0.3) is 0 Å². The summed E-state index contributed by atoms with van der Waals surface area (Å²) in [6.45, 7) is 1.97. The lowest BCUT2D eigenvalue weighted by atomic mass is 10.3. The van der Waals surface area contributed by atoms with Gasteiger partial charge in [-0.2, -0.15) is 0 Å². The smallest absolute Gasteiger partial charge is 0.142 e. The third kappa shape index (κ3) is 3.99. The monoisotopic (exact) mass is 332 g/mol. The van der Waals surface area contributed by atoms with Crippen molar-refractivity contribution in [3.8, 4) is 0 Å². The standard InChI is InChI=1S/C13H11Cl3N2S/c1-2-10-12(15)17-11(18-13(10)16)7-19-9-5-3-8(14)4-6-9/h3-6H,2,7H2,1H3. The van der Waals surface area contributed by atoms with Crippen LogP contribution < -0.4 is 0 Å². The van der Waals surface area contributed by atoms with Gasteiger partial charge in [-0.25, -0.2) is 9.97 Å². The third-order valence-corrected chi connectivity index (χ3v) is 4.37. The normalized spacial score (nSPS) is 10.7. The molecule has 0 aliphatic carbocycles. The summed E-state index contributed by atoms with van der Waals surface area (Å²) in [7, 11) is 0. The molecule has 100 valence electrons. The predicted molar refractivity (Wildman–Crippen MR) is 82.4 cm³/mol. The van der Waals surface area contributed by atoms with Gasteiger partial charge in [0.05, 0.1) is 5.75 Å². The van der Waals surface area contributed by atoms with Crippen molar-refractivity contribution < 1.29 is 0 Å². The molecule has 6 heteroatoms. The van der Waals surface area contributed by atoms with Gasteiger partial charge in [0.1, 0.15) is 16.1 Å². The van der Waals surface area contributed by atoms with Crippen LogP contribution >= 0.6 is 46.6 Å². The lowest BCUT2D eigenvalue weighted by molar-refractivity contribution is 0.979. The minimum atomic E-state index is 0.439. The molecule has 0 amide bonds. The van der Waals surface area contributed by atoms with Crippen molar-refractivity contribution in [3.63, 3.8) is 0 Å². The van der Waals surface area contributed by atoms with Gasteiger partial charge in [0.25, 0.3) is 0 Å². The van der Waals surface area contributed by atoms with Crippen molar-refractivity contribution in [3.05, 3.63) is 51.0 Å². The average Bonchev–Trinajstić information content (AvgIpc) is 2.38. The Balaban J connectivity index is 2.09. The molecule has 0 fully saturated rings. The van der Waals surface area contributed by atoms with Crippen LogP contribution in [0.1, 0.15) is 18.3 Å². The average molecular weight is 334 g/mol. The topological polar surface area (TPSA) is 25.8 Å². The second-order valence-corrected chi connectivity index (χ2v) is 6.00. The second kappa shape index (κ2) is 6.80. The minimum absolute atomic E-state index is 0.439. The number of thioether (sulfide) groups is 1. The molecule has 2 nitrogen and oxygen atoms in total. The van der Waals surface area contributed by atoms with Gasteiger partial charge in [0.2, 0.25) is 0 Å². The molecular weight excluding hydrogens is 323 g/mol. The van der Waals surface area contributed by atoms with E-state index < -0.39 is 0 Å². The van der Waals surface area contributed by atoms with Crippen LogP contribution in [0.4, 0.5) is 0 Å². The summed E-state index contributed by atoms with van der Waals surface area (Å²) in [6, 6.07) is 7.61. The Kier molecular flexibility index (Phi) is 5.34. The Morgan fingerprint density at radius 1 is 1.00 bits per heavy atom. The van der Waals surface area contributed by atoms with Gasteiger partial charge in [0.15, 0.2) is 0 Å². The van der Waals surface area contributed by atoms with E-state index in [1.807, 2.05) is 31.2 Å². The Labute approximate surface area is 131 Å². The van der Waals surface area contributed by atoms with E-state index in [-0.39, 0.29) is 0 Å². The van der Waals surface area contributed by atoms with Gasteiger partial charge < -0.3 is 0 Å². The molecule has 0 N–H and O–H groups in total. The number of hydrogen-bond acceptors (Lipinski definition) is 3. The molecule has 0 radical (unpaired) electrons. The van der Waals surface area contributed by atoms with E-state index >= 15 is 0 Å². The van der Waals surface area contributed by atoms with E-state index in [0.29, 0.717) is 21.9 Å². The molecule has 1 aromatic heterocycles. The lowest BCUT2D eigenvalue weighted by Gasteiger charge is -2.06. The van der Waals surface area contributed by atoms with Crippen molar-refractivity contribution in [2.75, 3.05) is 0 Å². The zero-order valence-electron chi connectivity index (χ0n) is 10.2. The van der Waals surface area contributed by atoms with Crippen LogP contribution in [0.15, 0.2) is 29.2 Å². The summed E-state index contributed by atoms with van der Waals surface area (Å²) in [6.07, 6.45) is 0.724. The largest absolute Gasteiger partial charge is 0.220 e. The van der Waals surface area contributed by atoms with E-state index in [1.54, 1.807) is 11.8 Å². The maximum Gasteiger partial charge on any atom is 0.142 e. The second-order valence-electron chi connectivity index (χ2n) is 3.80. The Hall–Kier alpha value is -0.480. The molecule has 19 heavy (non-hydrogen) atoms. The highest BCUT2D eigenvalue weighted by atomic mass is 35.5. The summed E-state index contributed by atoms with van der Waals surface area (Å²) in [5, 5.41) is 1.60. The zero-order chi connectivity index (χ0) is 13.8. The summed E-state index contributed by atoms with van der Waals surface area (Å²) in [5.74, 6) is 1.25. The van der Waals surface area contributed by atoms with Gasteiger partial charge in [-0.05, 0) is 30.7 Å². The van der Waals surface area contributed by atoms with E-state index in [2.05, 4.69) is 9.97 Å². The van der Waals surface area contributed by atoms with E-state index in [0.717, 1.165) is 21.9 Å². The number of rotatable bonds is 4. The summed E-state index contributed by atoms with van der Waals surface area (Å²) < 4.78 is 0. The molecule has 0 bridgehead atoms. The molecule has 2 rings (SSSR count). The molecule has 0 saturated heterocycles. The van der Waals surface area contributed by atoms with E-state index in [1.165, 1.54) is 0 Å². The molecule has 0 atom stereocenters. The van der Waals surface area contributed by atoms with Gasteiger partial charge in [-0.3, -0.25) is 0 Å². The molecule has 2 aromatic rings. The van der Waals surface area contributed by atoms with Gasteiger partial charge in [-0.15, -0.1) is 11.8 Å². The lowest BCUT2D eigenvalue weighted by Crippen LogP contribution is -1.98. The number of halogens is 3. The molecule has 0 aliphatic heterocycles. The maximum absolute atomic E-state index is 6.08. The first-order valence-corrected chi connectivity index (χ1v) is 7.81. The van der Waals surface area contributed by atoms with Crippen molar-refractivity contribution >= 4 is 46.6 Å². The fourth-order valence-corrected chi connectivity index (χ4v) is 3.08.